The molecule has 0 aromatic rings. The molecule has 2 rings (SSSR count). The predicted octanol–water partition coefficient (Wildman–Crippen LogP) is 0.753. The van der Waals surface area contributed by atoms with Gasteiger partial charge in [0.05, 0.1) is 25.0 Å². The van der Waals surface area contributed by atoms with E-state index in [1.165, 1.54) is 0 Å². The number of halogens is 1. The molecule has 0 radical (unpaired) electrons. The Hall–Kier alpha value is 0.160. The standard InChI is InChI=1S/C7H9IO3/c8-2-5-7(3-10-4-7)1-6(9)11-5/h5H,1-4H2. The molecule has 4 heteroatoms. The van der Waals surface area contributed by atoms with Crippen LogP contribution in [0.2, 0.25) is 0 Å². The normalized spacial score (nSPS) is 33.5. The molecule has 2 saturated heterocycles. The highest BCUT2D eigenvalue weighted by Crippen LogP contribution is 2.42. The fourth-order valence-electron chi connectivity index (χ4n) is 1.57. The number of alkyl halides is 1. The third kappa shape index (κ3) is 1.07. The zero-order valence-electron chi connectivity index (χ0n) is 6.01. The van der Waals surface area contributed by atoms with Gasteiger partial charge in [-0.1, -0.05) is 22.6 Å². The van der Waals surface area contributed by atoms with Gasteiger partial charge in [0.2, 0.25) is 0 Å². The van der Waals surface area contributed by atoms with E-state index in [9.17, 15) is 4.79 Å². The van der Waals surface area contributed by atoms with E-state index in [0.29, 0.717) is 19.6 Å². The van der Waals surface area contributed by atoms with Crippen LogP contribution in [0.4, 0.5) is 0 Å². The third-order valence-corrected chi connectivity index (χ3v) is 3.17. The van der Waals surface area contributed by atoms with E-state index in [0.717, 1.165) is 4.43 Å². The molecule has 2 aliphatic rings. The molecule has 2 heterocycles. The van der Waals surface area contributed by atoms with E-state index in [4.69, 9.17) is 9.47 Å². The Labute approximate surface area is 78.6 Å². The highest BCUT2D eigenvalue weighted by molar-refractivity contribution is 14.1. The van der Waals surface area contributed by atoms with Gasteiger partial charge in [0.15, 0.2) is 0 Å². The van der Waals surface area contributed by atoms with Crippen LogP contribution in [0.5, 0.6) is 0 Å². The van der Waals surface area contributed by atoms with Crippen molar-refractivity contribution in [3.05, 3.63) is 0 Å². The smallest absolute Gasteiger partial charge is 0.306 e. The van der Waals surface area contributed by atoms with E-state index < -0.39 is 0 Å². The van der Waals surface area contributed by atoms with Crippen molar-refractivity contribution in [2.45, 2.75) is 12.5 Å². The summed E-state index contributed by atoms with van der Waals surface area (Å²) in [5.74, 6) is -0.0602. The van der Waals surface area contributed by atoms with Crippen molar-refractivity contribution in [2.24, 2.45) is 5.41 Å². The predicted molar refractivity (Wildman–Crippen MR) is 46.6 cm³/mol. The highest BCUT2D eigenvalue weighted by atomic mass is 127. The first kappa shape index (κ1) is 7.79. The van der Waals surface area contributed by atoms with Crippen molar-refractivity contribution < 1.29 is 14.3 Å². The van der Waals surface area contributed by atoms with Crippen molar-refractivity contribution in [3.63, 3.8) is 0 Å². The zero-order chi connectivity index (χ0) is 7.90. The minimum atomic E-state index is -0.0602. The minimum absolute atomic E-state index is 0.0538. The fourth-order valence-corrected chi connectivity index (χ4v) is 2.69. The van der Waals surface area contributed by atoms with Gasteiger partial charge in [-0.25, -0.2) is 0 Å². The molecule has 11 heavy (non-hydrogen) atoms. The molecule has 1 unspecified atom stereocenters. The van der Waals surface area contributed by atoms with Gasteiger partial charge in [-0.05, 0) is 0 Å². The van der Waals surface area contributed by atoms with Gasteiger partial charge in [0.1, 0.15) is 6.10 Å². The minimum Gasteiger partial charge on any atom is -0.461 e. The molecule has 3 nitrogen and oxygen atoms in total. The summed E-state index contributed by atoms with van der Waals surface area (Å²) in [4.78, 5) is 10.9. The van der Waals surface area contributed by atoms with Crippen LogP contribution < -0.4 is 0 Å². The van der Waals surface area contributed by atoms with Gasteiger partial charge in [-0.2, -0.15) is 0 Å². The summed E-state index contributed by atoms with van der Waals surface area (Å²) < 4.78 is 11.1. The Bertz CT molecular complexity index is 188. The van der Waals surface area contributed by atoms with Crippen molar-refractivity contribution >= 4 is 28.6 Å². The summed E-state index contributed by atoms with van der Waals surface area (Å²) in [5.41, 5.74) is 0.0538. The zero-order valence-corrected chi connectivity index (χ0v) is 8.17. The molecule has 0 aromatic carbocycles. The molecule has 0 bridgehead atoms. The first-order chi connectivity index (χ1) is 5.27. The van der Waals surface area contributed by atoms with Crippen molar-refractivity contribution in [3.8, 4) is 0 Å². The topological polar surface area (TPSA) is 35.5 Å². The van der Waals surface area contributed by atoms with Gasteiger partial charge in [-0.15, -0.1) is 0 Å². The lowest BCUT2D eigenvalue weighted by Gasteiger charge is -2.39. The SMILES string of the molecule is O=C1CC2(COC2)C(CI)O1. The summed E-state index contributed by atoms with van der Waals surface area (Å²) >= 11 is 2.25. The molecule has 0 aromatic heterocycles. The number of esters is 1. The van der Waals surface area contributed by atoms with Crippen LogP contribution in [0.15, 0.2) is 0 Å². The van der Waals surface area contributed by atoms with Gasteiger partial charge in [0, 0.05) is 4.43 Å². The summed E-state index contributed by atoms with van der Waals surface area (Å²) in [6, 6.07) is 0. The Kier molecular flexibility index (Phi) is 1.83. The fraction of sp³-hybridized carbons (Fsp3) is 0.857. The maximum Gasteiger partial charge on any atom is 0.306 e. The molecule has 1 spiro atoms. The molecule has 0 saturated carbocycles. The maximum atomic E-state index is 10.9. The second-order valence-corrected chi connectivity index (χ2v) is 4.05. The van der Waals surface area contributed by atoms with Gasteiger partial charge in [0.25, 0.3) is 0 Å². The van der Waals surface area contributed by atoms with E-state index in [1.54, 1.807) is 0 Å². The first-order valence-corrected chi connectivity index (χ1v) is 5.13. The van der Waals surface area contributed by atoms with Crippen molar-refractivity contribution in [1.82, 2.24) is 0 Å². The molecule has 0 N–H and O–H groups in total. The quantitative estimate of drug-likeness (QED) is 0.400. The number of rotatable bonds is 1. The van der Waals surface area contributed by atoms with E-state index in [-0.39, 0.29) is 17.5 Å². The highest BCUT2D eigenvalue weighted by Gasteiger charge is 2.53. The molecule has 62 valence electrons. The van der Waals surface area contributed by atoms with E-state index >= 15 is 0 Å². The van der Waals surface area contributed by atoms with Crippen molar-refractivity contribution in [1.29, 1.82) is 0 Å². The van der Waals surface area contributed by atoms with E-state index in [2.05, 4.69) is 22.6 Å². The summed E-state index contributed by atoms with van der Waals surface area (Å²) in [7, 11) is 0. The maximum absolute atomic E-state index is 10.9. The number of cyclic esters (lactones) is 1. The first-order valence-electron chi connectivity index (χ1n) is 3.60. The number of ether oxygens (including phenoxy) is 2. The Morgan fingerprint density at radius 3 is 2.73 bits per heavy atom. The number of hydrogen-bond donors (Lipinski definition) is 0. The monoisotopic (exact) mass is 268 g/mol. The molecule has 0 aliphatic carbocycles. The van der Waals surface area contributed by atoms with Crippen LogP contribution >= 0.6 is 22.6 Å². The van der Waals surface area contributed by atoms with Gasteiger partial charge < -0.3 is 9.47 Å². The number of carbonyl (C=O) groups is 1. The van der Waals surface area contributed by atoms with Crippen LogP contribution in [-0.4, -0.2) is 29.7 Å². The molecule has 2 fully saturated rings. The number of hydrogen-bond acceptors (Lipinski definition) is 3. The lowest BCUT2D eigenvalue weighted by atomic mass is 9.80. The average Bonchev–Trinajstić information content (AvgIpc) is 2.25. The summed E-state index contributed by atoms with van der Waals surface area (Å²) in [5, 5.41) is 0. The van der Waals surface area contributed by atoms with Crippen LogP contribution in [0.1, 0.15) is 6.42 Å². The van der Waals surface area contributed by atoms with E-state index in [1.807, 2.05) is 0 Å². The largest absolute Gasteiger partial charge is 0.461 e. The molecule has 2 aliphatic heterocycles. The molecule has 1 atom stereocenters. The Morgan fingerprint density at radius 2 is 2.36 bits per heavy atom. The lowest BCUT2D eigenvalue weighted by Crippen LogP contribution is -2.49. The van der Waals surface area contributed by atoms with Crippen LogP contribution in [0, 0.1) is 5.41 Å². The Morgan fingerprint density at radius 1 is 1.64 bits per heavy atom. The molecular weight excluding hydrogens is 259 g/mol. The van der Waals surface area contributed by atoms with Gasteiger partial charge >= 0.3 is 5.97 Å². The third-order valence-electron chi connectivity index (χ3n) is 2.37. The number of carbonyl (C=O) groups excluding carboxylic acids is 1. The summed E-state index contributed by atoms with van der Waals surface area (Å²) in [6.45, 7) is 1.40. The van der Waals surface area contributed by atoms with Crippen molar-refractivity contribution in [2.75, 3.05) is 17.6 Å². The molecule has 0 amide bonds. The second-order valence-electron chi connectivity index (χ2n) is 3.16. The van der Waals surface area contributed by atoms with Gasteiger partial charge in [-0.3, -0.25) is 4.79 Å². The summed E-state index contributed by atoms with van der Waals surface area (Å²) in [6.07, 6.45) is 0.657. The lowest BCUT2D eigenvalue weighted by molar-refractivity contribution is -0.146. The van der Waals surface area contributed by atoms with Crippen LogP contribution in [-0.2, 0) is 14.3 Å². The van der Waals surface area contributed by atoms with Crippen LogP contribution in [0.3, 0.4) is 0 Å². The average molecular weight is 268 g/mol. The Balaban J connectivity index is 2.13. The second kappa shape index (κ2) is 2.58. The molecular formula is C7H9IO3. The van der Waals surface area contributed by atoms with Crippen LogP contribution in [0.25, 0.3) is 0 Å².